The van der Waals surface area contributed by atoms with E-state index in [1.54, 1.807) is 19.1 Å². The predicted octanol–water partition coefficient (Wildman–Crippen LogP) is 3.56. The summed E-state index contributed by atoms with van der Waals surface area (Å²) in [6.07, 6.45) is 4.31. The number of amides is 1. The summed E-state index contributed by atoms with van der Waals surface area (Å²) in [6.45, 7) is 5.19. The molecule has 4 rings (SSSR count). The standard InChI is InChI=1S/C20H25FN4O2.ClH/c1-12-9-14(6-7-16(12)21)17-24-18(27-25-17)13(2)23-19(26)20-8-4-3-5-15(20)10-22-11-20;/h6-7,9,13,15,22H,3-5,8,10-11H2,1-2H3,(H,23,26);1H/t13?,15-,20+;/m0./s1. The molecule has 2 aliphatic rings. The van der Waals surface area contributed by atoms with Crippen LogP contribution >= 0.6 is 12.4 Å². The monoisotopic (exact) mass is 408 g/mol. The van der Waals surface area contributed by atoms with Gasteiger partial charge < -0.3 is 15.2 Å². The molecule has 2 N–H and O–H groups in total. The van der Waals surface area contributed by atoms with Crippen LogP contribution in [-0.2, 0) is 4.79 Å². The fraction of sp³-hybridized carbons (Fsp3) is 0.550. The number of rotatable bonds is 4. The molecule has 28 heavy (non-hydrogen) atoms. The Hall–Kier alpha value is -1.99. The van der Waals surface area contributed by atoms with E-state index < -0.39 is 0 Å². The number of aromatic nitrogens is 2. The molecular formula is C20H26ClFN4O2. The van der Waals surface area contributed by atoms with Gasteiger partial charge in [0.2, 0.25) is 17.6 Å². The maximum Gasteiger partial charge on any atom is 0.249 e. The molecule has 1 aliphatic heterocycles. The van der Waals surface area contributed by atoms with Crippen LogP contribution in [0.25, 0.3) is 11.4 Å². The van der Waals surface area contributed by atoms with E-state index in [2.05, 4.69) is 20.8 Å². The number of halogens is 2. The number of nitrogens with one attached hydrogen (secondary N) is 2. The van der Waals surface area contributed by atoms with Gasteiger partial charge in [0.15, 0.2) is 0 Å². The van der Waals surface area contributed by atoms with Crippen LogP contribution in [-0.4, -0.2) is 29.1 Å². The van der Waals surface area contributed by atoms with Gasteiger partial charge in [-0.3, -0.25) is 4.79 Å². The quantitative estimate of drug-likeness (QED) is 0.808. The number of hydrogen-bond donors (Lipinski definition) is 2. The van der Waals surface area contributed by atoms with Crippen LogP contribution in [0.5, 0.6) is 0 Å². The van der Waals surface area contributed by atoms with E-state index in [4.69, 9.17) is 4.52 Å². The minimum absolute atomic E-state index is 0. The molecule has 1 saturated heterocycles. The predicted molar refractivity (Wildman–Crippen MR) is 105 cm³/mol. The summed E-state index contributed by atoms with van der Waals surface area (Å²) in [4.78, 5) is 17.5. The first kappa shape index (κ1) is 20.7. The van der Waals surface area contributed by atoms with Crippen LogP contribution in [0.2, 0.25) is 0 Å². The molecule has 0 bridgehead atoms. The molecule has 1 aliphatic carbocycles. The van der Waals surface area contributed by atoms with Crippen LogP contribution in [0.4, 0.5) is 4.39 Å². The zero-order valence-corrected chi connectivity index (χ0v) is 16.9. The Morgan fingerprint density at radius 3 is 3.04 bits per heavy atom. The lowest BCUT2D eigenvalue weighted by atomic mass is 9.67. The number of carbonyl (C=O) groups is 1. The minimum atomic E-state index is -0.377. The van der Waals surface area contributed by atoms with Gasteiger partial charge in [0.1, 0.15) is 11.9 Å². The van der Waals surface area contributed by atoms with Gasteiger partial charge in [0.25, 0.3) is 0 Å². The lowest BCUT2D eigenvalue weighted by molar-refractivity contribution is -0.134. The zero-order chi connectivity index (χ0) is 19.0. The molecule has 2 aromatic rings. The molecule has 6 nitrogen and oxygen atoms in total. The molecule has 1 unspecified atom stereocenters. The van der Waals surface area contributed by atoms with Crippen molar-refractivity contribution in [1.29, 1.82) is 0 Å². The Morgan fingerprint density at radius 1 is 1.43 bits per heavy atom. The van der Waals surface area contributed by atoms with Crippen molar-refractivity contribution in [1.82, 2.24) is 20.8 Å². The van der Waals surface area contributed by atoms with E-state index in [-0.39, 0.29) is 35.6 Å². The molecule has 1 aromatic heterocycles. The van der Waals surface area contributed by atoms with Crippen LogP contribution in [0.1, 0.15) is 50.1 Å². The van der Waals surface area contributed by atoms with Gasteiger partial charge in [-0.15, -0.1) is 12.4 Å². The van der Waals surface area contributed by atoms with E-state index in [1.807, 2.05) is 6.92 Å². The Bertz CT molecular complexity index is 858. The molecule has 1 aromatic carbocycles. The number of benzene rings is 1. The Morgan fingerprint density at radius 2 is 2.25 bits per heavy atom. The Balaban J connectivity index is 0.00000225. The van der Waals surface area contributed by atoms with E-state index in [9.17, 15) is 9.18 Å². The van der Waals surface area contributed by atoms with E-state index in [0.717, 1.165) is 32.4 Å². The van der Waals surface area contributed by atoms with Crippen LogP contribution in [0.3, 0.4) is 0 Å². The summed E-state index contributed by atoms with van der Waals surface area (Å²) < 4.78 is 18.8. The van der Waals surface area contributed by atoms with Crippen molar-refractivity contribution in [2.75, 3.05) is 13.1 Å². The van der Waals surface area contributed by atoms with Crippen molar-refractivity contribution in [3.8, 4) is 11.4 Å². The second-order valence-corrected chi connectivity index (χ2v) is 7.85. The number of nitrogens with zero attached hydrogens (tertiary/aromatic N) is 2. The summed E-state index contributed by atoms with van der Waals surface area (Å²) in [5.74, 6) is 0.955. The fourth-order valence-electron chi connectivity index (χ4n) is 4.40. The van der Waals surface area contributed by atoms with Gasteiger partial charge >= 0.3 is 0 Å². The van der Waals surface area contributed by atoms with E-state index in [1.165, 1.54) is 12.5 Å². The van der Waals surface area contributed by atoms with Crippen molar-refractivity contribution in [2.45, 2.75) is 45.6 Å². The fourth-order valence-corrected chi connectivity index (χ4v) is 4.40. The van der Waals surface area contributed by atoms with Gasteiger partial charge in [0.05, 0.1) is 5.41 Å². The molecule has 1 amide bonds. The molecule has 152 valence electrons. The number of carbonyl (C=O) groups excluding carboxylic acids is 1. The molecule has 0 spiro atoms. The molecule has 2 fully saturated rings. The van der Waals surface area contributed by atoms with Gasteiger partial charge in [-0.05, 0) is 62.9 Å². The van der Waals surface area contributed by atoms with Crippen molar-refractivity contribution in [3.63, 3.8) is 0 Å². The average molecular weight is 409 g/mol. The smallest absolute Gasteiger partial charge is 0.249 e. The molecule has 8 heteroatoms. The maximum atomic E-state index is 13.5. The number of fused-ring (bicyclic) bond motifs is 1. The second kappa shape index (κ2) is 8.17. The summed E-state index contributed by atoms with van der Waals surface area (Å²) in [5.41, 5.74) is 0.897. The van der Waals surface area contributed by atoms with Gasteiger partial charge in [0, 0.05) is 12.1 Å². The third-order valence-electron chi connectivity index (χ3n) is 6.07. The normalized spacial score (nSPS) is 24.9. The molecular weight excluding hydrogens is 383 g/mol. The summed E-state index contributed by atoms with van der Waals surface area (Å²) in [6, 6.07) is 4.32. The highest BCUT2D eigenvalue weighted by atomic mass is 35.5. The van der Waals surface area contributed by atoms with Gasteiger partial charge in [-0.2, -0.15) is 4.98 Å². The topological polar surface area (TPSA) is 80.0 Å². The molecule has 0 radical (unpaired) electrons. The van der Waals surface area contributed by atoms with E-state index >= 15 is 0 Å². The van der Waals surface area contributed by atoms with Crippen LogP contribution in [0, 0.1) is 24.1 Å². The van der Waals surface area contributed by atoms with Crippen molar-refractivity contribution < 1.29 is 13.7 Å². The highest BCUT2D eigenvalue weighted by Gasteiger charge is 2.50. The highest BCUT2D eigenvalue weighted by Crippen LogP contribution is 2.44. The van der Waals surface area contributed by atoms with Crippen molar-refractivity contribution in [2.24, 2.45) is 11.3 Å². The lowest BCUT2D eigenvalue weighted by Crippen LogP contribution is -2.48. The van der Waals surface area contributed by atoms with Crippen LogP contribution < -0.4 is 10.6 Å². The van der Waals surface area contributed by atoms with Crippen molar-refractivity contribution in [3.05, 3.63) is 35.5 Å². The first-order valence-electron chi connectivity index (χ1n) is 9.61. The lowest BCUT2D eigenvalue weighted by Gasteiger charge is -2.37. The summed E-state index contributed by atoms with van der Waals surface area (Å²) in [7, 11) is 0. The number of aryl methyl sites for hydroxylation is 1. The molecule has 1 saturated carbocycles. The first-order chi connectivity index (χ1) is 13.0. The largest absolute Gasteiger partial charge is 0.344 e. The van der Waals surface area contributed by atoms with E-state index in [0.29, 0.717) is 28.8 Å². The third kappa shape index (κ3) is 3.65. The highest BCUT2D eigenvalue weighted by molar-refractivity contribution is 5.85. The zero-order valence-electron chi connectivity index (χ0n) is 16.1. The summed E-state index contributed by atoms with van der Waals surface area (Å²) in [5, 5.41) is 10.5. The average Bonchev–Trinajstić information content (AvgIpc) is 3.31. The SMILES string of the molecule is Cc1cc(-c2noc(C(C)NC(=O)[C@@]34CCCC[C@H]3CNC4)n2)ccc1F.Cl. The Kier molecular flexibility index (Phi) is 6.05. The first-order valence-corrected chi connectivity index (χ1v) is 9.61. The third-order valence-corrected chi connectivity index (χ3v) is 6.07. The van der Waals surface area contributed by atoms with Gasteiger partial charge in [-0.25, -0.2) is 4.39 Å². The van der Waals surface area contributed by atoms with Crippen LogP contribution in [0.15, 0.2) is 22.7 Å². The molecule has 3 atom stereocenters. The second-order valence-electron chi connectivity index (χ2n) is 7.85. The Labute approximate surface area is 170 Å². The van der Waals surface area contributed by atoms with Gasteiger partial charge in [-0.1, -0.05) is 18.0 Å². The summed E-state index contributed by atoms with van der Waals surface area (Å²) >= 11 is 0. The number of hydrogen-bond acceptors (Lipinski definition) is 5. The molecule has 2 heterocycles. The van der Waals surface area contributed by atoms with Crippen molar-refractivity contribution >= 4 is 18.3 Å². The minimum Gasteiger partial charge on any atom is -0.344 e. The maximum absolute atomic E-state index is 13.5.